The minimum atomic E-state index is -0.516. The van der Waals surface area contributed by atoms with Crippen molar-refractivity contribution < 1.29 is 9.13 Å². The van der Waals surface area contributed by atoms with Gasteiger partial charge >= 0.3 is 0 Å². The van der Waals surface area contributed by atoms with Gasteiger partial charge in [-0.05, 0) is 41.1 Å². The summed E-state index contributed by atoms with van der Waals surface area (Å²) in [7, 11) is 0. The predicted octanol–water partition coefficient (Wildman–Crippen LogP) is 4.00. The van der Waals surface area contributed by atoms with Crippen LogP contribution in [-0.4, -0.2) is 11.6 Å². The van der Waals surface area contributed by atoms with Crippen LogP contribution in [0.15, 0.2) is 34.9 Å². The number of ether oxygens (including phenoxy) is 1. The molecule has 0 saturated heterocycles. The van der Waals surface area contributed by atoms with Gasteiger partial charge in [-0.3, -0.25) is 0 Å². The molecular weight excluding hydrogens is 325 g/mol. The number of benzene rings is 1. The zero-order valence-electron chi connectivity index (χ0n) is 10.7. The van der Waals surface area contributed by atoms with Gasteiger partial charge in [-0.2, -0.15) is 5.26 Å². The molecule has 0 aliphatic rings. The lowest BCUT2D eigenvalue weighted by molar-refractivity contribution is 0.327. The average molecular weight is 336 g/mol. The summed E-state index contributed by atoms with van der Waals surface area (Å²) in [6, 6.07) is 8.39. The highest BCUT2D eigenvalue weighted by atomic mass is 79.9. The maximum atomic E-state index is 14.0. The Morgan fingerprint density at radius 1 is 1.40 bits per heavy atom. The van der Waals surface area contributed by atoms with Crippen molar-refractivity contribution in [2.75, 3.05) is 11.9 Å². The Bertz CT molecular complexity index is 653. The van der Waals surface area contributed by atoms with Gasteiger partial charge in [-0.1, -0.05) is 0 Å². The van der Waals surface area contributed by atoms with Gasteiger partial charge in [0.1, 0.15) is 6.07 Å². The second kappa shape index (κ2) is 6.35. The summed E-state index contributed by atoms with van der Waals surface area (Å²) >= 11 is 3.06. The monoisotopic (exact) mass is 335 g/mol. The number of nitriles is 1. The van der Waals surface area contributed by atoms with Crippen molar-refractivity contribution in [2.24, 2.45) is 0 Å². The third-order valence-corrected chi connectivity index (χ3v) is 3.29. The Labute approximate surface area is 124 Å². The Morgan fingerprint density at radius 2 is 2.20 bits per heavy atom. The smallest absolute Gasteiger partial charge is 0.213 e. The summed E-state index contributed by atoms with van der Waals surface area (Å²) in [4.78, 5) is 4.08. The van der Waals surface area contributed by atoms with Crippen LogP contribution >= 0.6 is 15.9 Å². The van der Waals surface area contributed by atoms with E-state index >= 15 is 0 Å². The van der Waals surface area contributed by atoms with E-state index in [0.29, 0.717) is 18.2 Å². The molecule has 20 heavy (non-hydrogen) atoms. The van der Waals surface area contributed by atoms with E-state index in [4.69, 9.17) is 10.00 Å². The number of nitrogens with one attached hydrogen (secondary N) is 1. The molecule has 0 bridgehead atoms. The van der Waals surface area contributed by atoms with Gasteiger partial charge < -0.3 is 10.1 Å². The summed E-state index contributed by atoms with van der Waals surface area (Å²) in [6.45, 7) is 2.41. The van der Waals surface area contributed by atoms with Gasteiger partial charge in [-0.25, -0.2) is 9.37 Å². The summed E-state index contributed by atoms with van der Waals surface area (Å²) < 4.78 is 19.4. The molecule has 2 aromatic rings. The van der Waals surface area contributed by atoms with Gasteiger partial charge in [0, 0.05) is 6.07 Å². The highest BCUT2D eigenvalue weighted by Crippen LogP contribution is 2.28. The van der Waals surface area contributed by atoms with E-state index in [1.54, 1.807) is 18.3 Å². The molecule has 4 nitrogen and oxygen atoms in total. The molecule has 1 heterocycles. The average Bonchev–Trinajstić information content (AvgIpc) is 2.46. The third kappa shape index (κ3) is 3.06. The first-order valence-corrected chi connectivity index (χ1v) is 6.69. The Balaban J connectivity index is 2.22. The number of rotatable bonds is 4. The standard InChI is InChI=1S/C14H11BrFN3O/c1-2-20-12-6-4-10(8-18-12)19-11-5-3-9(7-17)13(15)14(11)16/h3-6,8,19H,2H2,1H3. The van der Waals surface area contributed by atoms with Crippen LogP contribution in [0.25, 0.3) is 0 Å². The number of anilines is 2. The van der Waals surface area contributed by atoms with E-state index in [1.165, 1.54) is 12.1 Å². The summed E-state index contributed by atoms with van der Waals surface area (Å²) in [5, 5.41) is 11.7. The molecule has 1 N–H and O–H groups in total. The fourth-order valence-corrected chi connectivity index (χ4v) is 2.01. The number of aromatic nitrogens is 1. The topological polar surface area (TPSA) is 57.9 Å². The van der Waals surface area contributed by atoms with E-state index in [1.807, 2.05) is 13.0 Å². The number of pyridine rings is 1. The predicted molar refractivity (Wildman–Crippen MR) is 77.5 cm³/mol. The van der Waals surface area contributed by atoms with Crippen LogP contribution in [0.5, 0.6) is 5.88 Å². The molecule has 0 spiro atoms. The van der Waals surface area contributed by atoms with Gasteiger partial charge in [0.05, 0.1) is 34.2 Å². The van der Waals surface area contributed by atoms with Crippen LogP contribution in [-0.2, 0) is 0 Å². The third-order valence-electron chi connectivity index (χ3n) is 2.51. The van der Waals surface area contributed by atoms with Crippen LogP contribution in [0.2, 0.25) is 0 Å². The zero-order valence-corrected chi connectivity index (χ0v) is 12.2. The lowest BCUT2D eigenvalue weighted by Gasteiger charge is -2.09. The lowest BCUT2D eigenvalue weighted by Crippen LogP contribution is -1.98. The molecule has 6 heteroatoms. The Kier molecular flexibility index (Phi) is 4.53. The largest absolute Gasteiger partial charge is 0.478 e. The van der Waals surface area contributed by atoms with E-state index in [-0.39, 0.29) is 15.7 Å². The molecule has 0 saturated carbocycles. The summed E-state index contributed by atoms with van der Waals surface area (Å²) in [5.74, 6) is -0.00235. The normalized spacial score (nSPS) is 9.90. The Hall–Kier alpha value is -2.13. The van der Waals surface area contributed by atoms with Crippen molar-refractivity contribution in [2.45, 2.75) is 6.92 Å². The molecule has 0 unspecified atom stereocenters. The number of hydrogen-bond acceptors (Lipinski definition) is 4. The summed E-state index contributed by atoms with van der Waals surface area (Å²) in [5.41, 5.74) is 1.14. The van der Waals surface area contributed by atoms with E-state index in [9.17, 15) is 4.39 Å². The number of halogens is 2. The highest BCUT2D eigenvalue weighted by molar-refractivity contribution is 9.10. The molecule has 1 aromatic heterocycles. The van der Waals surface area contributed by atoms with Gasteiger partial charge in [0.25, 0.3) is 0 Å². The minimum Gasteiger partial charge on any atom is -0.478 e. The fourth-order valence-electron chi connectivity index (χ4n) is 1.58. The van der Waals surface area contributed by atoms with Crippen molar-refractivity contribution in [1.82, 2.24) is 4.98 Å². The number of nitrogens with zero attached hydrogens (tertiary/aromatic N) is 2. The van der Waals surface area contributed by atoms with Crippen LogP contribution in [0.4, 0.5) is 15.8 Å². The van der Waals surface area contributed by atoms with Crippen LogP contribution in [0.3, 0.4) is 0 Å². The van der Waals surface area contributed by atoms with Crippen molar-refractivity contribution in [3.63, 3.8) is 0 Å². The summed E-state index contributed by atoms with van der Waals surface area (Å²) in [6.07, 6.45) is 1.55. The van der Waals surface area contributed by atoms with E-state index in [0.717, 1.165) is 0 Å². The van der Waals surface area contributed by atoms with Crippen LogP contribution in [0, 0.1) is 17.1 Å². The van der Waals surface area contributed by atoms with Crippen molar-refractivity contribution >= 4 is 27.3 Å². The molecule has 0 radical (unpaired) electrons. The maximum Gasteiger partial charge on any atom is 0.213 e. The molecule has 2 rings (SSSR count). The lowest BCUT2D eigenvalue weighted by atomic mass is 10.2. The molecule has 0 aliphatic heterocycles. The quantitative estimate of drug-likeness (QED) is 0.917. The van der Waals surface area contributed by atoms with Crippen molar-refractivity contribution in [1.29, 1.82) is 5.26 Å². The fraction of sp³-hybridized carbons (Fsp3) is 0.143. The second-order valence-corrected chi connectivity index (χ2v) is 4.64. The van der Waals surface area contributed by atoms with Gasteiger partial charge in [0.2, 0.25) is 5.88 Å². The first kappa shape index (κ1) is 14.3. The van der Waals surface area contributed by atoms with E-state index in [2.05, 4.69) is 26.2 Å². The van der Waals surface area contributed by atoms with Gasteiger partial charge in [0.15, 0.2) is 5.82 Å². The van der Waals surface area contributed by atoms with Crippen molar-refractivity contribution in [3.05, 3.63) is 46.3 Å². The molecule has 0 fully saturated rings. The molecule has 1 aromatic carbocycles. The SMILES string of the molecule is CCOc1ccc(Nc2ccc(C#N)c(Br)c2F)cn1. The minimum absolute atomic E-state index is 0.142. The Morgan fingerprint density at radius 3 is 2.80 bits per heavy atom. The molecule has 0 amide bonds. The maximum absolute atomic E-state index is 14.0. The first-order chi connectivity index (χ1) is 9.65. The number of hydrogen-bond donors (Lipinski definition) is 1. The van der Waals surface area contributed by atoms with Crippen LogP contribution in [0.1, 0.15) is 12.5 Å². The highest BCUT2D eigenvalue weighted by Gasteiger charge is 2.11. The second-order valence-electron chi connectivity index (χ2n) is 3.84. The first-order valence-electron chi connectivity index (χ1n) is 5.89. The van der Waals surface area contributed by atoms with Crippen molar-refractivity contribution in [3.8, 4) is 11.9 Å². The molecular formula is C14H11BrFN3O. The van der Waals surface area contributed by atoms with Gasteiger partial charge in [-0.15, -0.1) is 0 Å². The zero-order chi connectivity index (χ0) is 14.5. The molecule has 102 valence electrons. The molecule has 0 atom stereocenters. The van der Waals surface area contributed by atoms with Crippen LogP contribution < -0.4 is 10.1 Å². The van der Waals surface area contributed by atoms with E-state index < -0.39 is 5.82 Å². The molecule has 0 aliphatic carbocycles.